The summed E-state index contributed by atoms with van der Waals surface area (Å²) in [4.78, 5) is 95.5. The number of alkyl carbamates (subject to hydrolysis) is 1. The van der Waals surface area contributed by atoms with Gasteiger partial charge in [0, 0.05) is 31.8 Å². The van der Waals surface area contributed by atoms with Crippen molar-refractivity contribution in [2.45, 2.75) is 148 Å². The molecule has 298 valence electrons. The highest BCUT2D eigenvalue weighted by atomic mass is 16.6. The van der Waals surface area contributed by atoms with Crippen LogP contribution in [0.15, 0.2) is 12.5 Å². The van der Waals surface area contributed by atoms with Gasteiger partial charge in [0.1, 0.15) is 41.9 Å². The van der Waals surface area contributed by atoms with Crippen LogP contribution in [0.5, 0.6) is 0 Å². The van der Waals surface area contributed by atoms with Gasteiger partial charge in [0.25, 0.3) is 0 Å². The maximum absolute atomic E-state index is 13.8. The molecule has 0 aromatic carbocycles. The average molecular weight is 750 g/mol. The Morgan fingerprint density at radius 3 is 2.04 bits per heavy atom. The van der Waals surface area contributed by atoms with Crippen molar-refractivity contribution in [3.8, 4) is 0 Å². The van der Waals surface area contributed by atoms with Gasteiger partial charge in [-0.05, 0) is 72.6 Å². The first-order valence-corrected chi connectivity index (χ1v) is 18.3. The van der Waals surface area contributed by atoms with Gasteiger partial charge in [-0.1, -0.05) is 26.7 Å². The smallest absolute Gasteiger partial charge is 0.408 e. The van der Waals surface area contributed by atoms with Gasteiger partial charge in [0.05, 0.1) is 13.4 Å². The van der Waals surface area contributed by atoms with Crippen LogP contribution < -0.4 is 26.6 Å². The monoisotopic (exact) mass is 749 g/mol. The van der Waals surface area contributed by atoms with E-state index in [1.165, 1.54) is 33.5 Å². The summed E-state index contributed by atoms with van der Waals surface area (Å²) in [7, 11) is 2.91. The van der Waals surface area contributed by atoms with E-state index >= 15 is 0 Å². The number of imidazole rings is 1. The molecule has 17 nitrogen and oxygen atoms in total. The molecule has 1 fully saturated rings. The van der Waals surface area contributed by atoms with Crippen LogP contribution in [-0.4, -0.2) is 100 Å². The Kier molecular flexibility index (Phi) is 17.7. The van der Waals surface area contributed by atoms with Crippen molar-refractivity contribution in [2.24, 2.45) is 13.0 Å². The summed E-state index contributed by atoms with van der Waals surface area (Å²) in [5, 5.41) is 13.0. The van der Waals surface area contributed by atoms with E-state index in [0.717, 1.165) is 32.1 Å². The van der Waals surface area contributed by atoms with Crippen molar-refractivity contribution in [3.05, 3.63) is 18.2 Å². The van der Waals surface area contributed by atoms with Crippen LogP contribution in [0.1, 0.15) is 106 Å². The second-order valence-corrected chi connectivity index (χ2v) is 14.6. The third-order valence-corrected chi connectivity index (χ3v) is 8.92. The summed E-state index contributed by atoms with van der Waals surface area (Å²) >= 11 is 0. The molecular weight excluding hydrogens is 690 g/mol. The van der Waals surface area contributed by atoms with Crippen LogP contribution in [0.25, 0.3) is 0 Å². The second-order valence-electron chi connectivity index (χ2n) is 14.6. The number of hydrogen-bond donors (Lipinski definition) is 5. The number of nitrogens with zero attached hydrogens (tertiary/aromatic N) is 2. The van der Waals surface area contributed by atoms with Crippen LogP contribution in [0.2, 0.25) is 0 Å². The largest absolute Gasteiger partial charge is 0.467 e. The number of aromatic nitrogens is 2. The Morgan fingerprint density at radius 2 is 1.47 bits per heavy atom. The molecule has 0 saturated heterocycles. The molecule has 0 radical (unpaired) electrons. The number of nitrogens with one attached hydrogen (secondary N) is 5. The molecule has 1 aliphatic rings. The first-order valence-electron chi connectivity index (χ1n) is 18.3. The zero-order valence-electron chi connectivity index (χ0n) is 32.5. The molecule has 6 atom stereocenters. The molecule has 0 aliphatic heterocycles. The van der Waals surface area contributed by atoms with E-state index in [1.54, 1.807) is 39.3 Å². The van der Waals surface area contributed by atoms with E-state index in [0.29, 0.717) is 12.1 Å². The Morgan fingerprint density at radius 1 is 0.849 bits per heavy atom. The Balaban J connectivity index is 2.27. The zero-order chi connectivity index (χ0) is 39.9. The summed E-state index contributed by atoms with van der Waals surface area (Å²) < 4.78 is 17.3. The van der Waals surface area contributed by atoms with Gasteiger partial charge in [-0.3, -0.25) is 24.0 Å². The molecule has 1 saturated carbocycles. The van der Waals surface area contributed by atoms with Crippen molar-refractivity contribution >= 4 is 41.7 Å². The lowest BCUT2D eigenvalue weighted by molar-refractivity contribution is -0.151. The van der Waals surface area contributed by atoms with Crippen molar-refractivity contribution in [2.75, 3.05) is 7.11 Å². The van der Waals surface area contributed by atoms with E-state index in [-0.39, 0.29) is 31.3 Å². The fourth-order valence-corrected chi connectivity index (χ4v) is 5.58. The van der Waals surface area contributed by atoms with Crippen LogP contribution in [0.4, 0.5) is 4.79 Å². The lowest BCUT2D eigenvalue weighted by Gasteiger charge is -2.28. The van der Waals surface area contributed by atoms with Gasteiger partial charge in [-0.15, -0.1) is 0 Å². The van der Waals surface area contributed by atoms with Gasteiger partial charge >= 0.3 is 18.0 Å². The van der Waals surface area contributed by atoms with E-state index in [1.807, 2.05) is 6.92 Å². The van der Waals surface area contributed by atoms with Crippen molar-refractivity contribution in [3.63, 3.8) is 0 Å². The predicted octanol–water partition coefficient (Wildman–Crippen LogP) is 1.71. The Bertz CT molecular complexity index is 1420. The predicted molar refractivity (Wildman–Crippen MR) is 193 cm³/mol. The van der Waals surface area contributed by atoms with Crippen LogP contribution >= 0.6 is 0 Å². The van der Waals surface area contributed by atoms with E-state index in [9.17, 15) is 33.6 Å². The molecule has 5 N–H and O–H groups in total. The van der Waals surface area contributed by atoms with Crippen molar-refractivity contribution in [1.82, 2.24) is 36.1 Å². The molecule has 53 heavy (non-hydrogen) atoms. The quantitative estimate of drug-likeness (QED) is 0.107. The first-order chi connectivity index (χ1) is 24.8. The number of carbonyl (C=O) groups is 7. The number of hydrogen-bond acceptors (Lipinski definition) is 11. The molecule has 0 bridgehead atoms. The van der Waals surface area contributed by atoms with E-state index in [4.69, 9.17) is 9.47 Å². The number of amides is 5. The van der Waals surface area contributed by atoms with Gasteiger partial charge in [0.15, 0.2) is 0 Å². The molecule has 0 unspecified atom stereocenters. The van der Waals surface area contributed by atoms with E-state index < -0.39 is 77.5 Å². The van der Waals surface area contributed by atoms with Crippen LogP contribution in [0, 0.1) is 5.92 Å². The maximum Gasteiger partial charge on any atom is 0.408 e. The highest BCUT2D eigenvalue weighted by Crippen LogP contribution is 2.21. The zero-order valence-corrected chi connectivity index (χ0v) is 32.5. The molecule has 1 aliphatic carbocycles. The molecule has 2 rings (SSSR count). The minimum absolute atomic E-state index is 0.00783. The number of methoxy groups -OCH3 is 1. The Labute approximate surface area is 311 Å². The minimum Gasteiger partial charge on any atom is -0.467 e. The summed E-state index contributed by atoms with van der Waals surface area (Å²) in [6.07, 6.45) is 6.58. The maximum atomic E-state index is 13.8. The number of rotatable bonds is 18. The number of ether oxygens (including phenoxy) is 3. The fourth-order valence-electron chi connectivity index (χ4n) is 5.58. The summed E-state index contributed by atoms with van der Waals surface area (Å²) in [6.45, 7) is 11.5. The average Bonchev–Trinajstić information content (AvgIpc) is 3.50. The SMILES string of the molecule is CC[C@H](C)[C@@H](NC(=O)[C@@H](C)NC(=O)[C@H](CCC(=O)OC1CCCCC1)NC(=O)[C@H](Cc1cncn1C)NC(=O)OC(C)(C)C)C(=O)N[C@@H](C)C(=O)OC. The minimum atomic E-state index is -1.33. The summed E-state index contributed by atoms with van der Waals surface area (Å²) in [6, 6.07) is -5.75. The van der Waals surface area contributed by atoms with Crippen LogP contribution in [-0.2, 0) is 56.4 Å². The topological polar surface area (TPSA) is 225 Å². The van der Waals surface area contributed by atoms with E-state index in [2.05, 4.69) is 36.3 Å². The second kappa shape index (κ2) is 21.1. The third-order valence-electron chi connectivity index (χ3n) is 8.92. The standard InChI is InChI=1S/C36H59N7O10/c1-10-21(2)29(33(48)39-23(4)34(49)51-9)42-30(45)22(3)38-31(46)26(16-17-28(44)52-25-14-12-11-13-15-25)40-32(47)27(18-24-19-37-20-43(24)8)41-35(50)53-36(5,6)7/h19-23,25-27,29H,10-18H2,1-9H3,(H,38,46)(H,39,48)(H,40,47)(H,41,50)(H,42,45)/t21-,22+,23-,26-,27-,29+/m0/s1. The molecule has 1 heterocycles. The lowest BCUT2D eigenvalue weighted by atomic mass is 9.97. The first kappa shape index (κ1) is 44.5. The van der Waals surface area contributed by atoms with Crippen LogP contribution in [0.3, 0.4) is 0 Å². The number of carbonyl (C=O) groups excluding carboxylic acids is 7. The number of aryl methyl sites for hydroxylation is 1. The third kappa shape index (κ3) is 15.4. The highest BCUT2D eigenvalue weighted by Gasteiger charge is 2.33. The lowest BCUT2D eigenvalue weighted by Crippen LogP contribution is -2.59. The van der Waals surface area contributed by atoms with Gasteiger partial charge in [-0.25, -0.2) is 14.6 Å². The normalized spacial score (nSPS) is 16.7. The number of esters is 2. The van der Waals surface area contributed by atoms with Gasteiger partial charge < -0.3 is 45.4 Å². The van der Waals surface area contributed by atoms with Crippen molar-refractivity contribution < 1.29 is 47.8 Å². The molecule has 5 amide bonds. The fraction of sp³-hybridized carbons (Fsp3) is 0.722. The Hall–Kier alpha value is -4.70. The molecule has 1 aromatic heterocycles. The molecule has 0 spiro atoms. The van der Waals surface area contributed by atoms with Gasteiger partial charge in [0.2, 0.25) is 23.6 Å². The molecule has 17 heteroatoms. The van der Waals surface area contributed by atoms with Gasteiger partial charge in [-0.2, -0.15) is 0 Å². The highest BCUT2D eigenvalue weighted by molar-refractivity contribution is 5.96. The molecule has 1 aromatic rings. The summed E-state index contributed by atoms with van der Waals surface area (Å²) in [5.74, 6) is -4.38. The van der Waals surface area contributed by atoms with Crippen molar-refractivity contribution in [1.29, 1.82) is 0 Å². The summed E-state index contributed by atoms with van der Waals surface area (Å²) in [5.41, 5.74) is -0.256. The molecular formula is C36H59N7O10.